The van der Waals surface area contributed by atoms with Crippen LogP contribution in [0.25, 0.3) is 0 Å². The molecule has 39 heavy (non-hydrogen) atoms. The maximum atomic E-state index is 13.3. The van der Waals surface area contributed by atoms with Gasteiger partial charge in [-0.25, -0.2) is 10.2 Å². The Kier molecular flexibility index (Phi) is 9.60. The fraction of sp³-hybridized carbons (Fsp3) is 0.276. The highest BCUT2D eigenvalue weighted by atomic mass is 19.1. The van der Waals surface area contributed by atoms with Crippen LogP contribution < -0.4 is 21.2 Å². The highest BCUT2D eigenvalue weighted by Gasteiger charge is 2.39. The number of benzene rings is 3. The molecule has 1 aliphatic rings. The van der Waals surface area contributed by atoms with Crippen molar-refractivity contribution >= 4 is 23.8 Å². The fourth-order valence-electron chi connectivity index (χ4n) is 4.55. The van der Waals surface area contributed by atoms with Crippen molar-refractivity contribution in [3.8, 4) is 11.5 Å². The van der Waals surface area contributed by atoms with Gasteiger partial charge in [-0.05, 0) is 79.4 Å². The SMILES string of the molecule is N=CN(N)CC(=O)N1CC(CCNCc2ccccc2)CC1C(=O)Nc1ccc(Oc2ccc(F)cc2)cc1. The summed E-state index contributed by atoms with van der Waals surface area (Å²) in [6, 6.07) is 22.0. The van der Waals surface area contributed by atoms with Gasteiger partial charge in [-0.1, -0.05) is 30.3 Å². The summed E-state index contributed by atoms with van der Waals surface area (Å²) in [5, 5.41) is 14.6. The zero-order valence-electron chi connectivity index (χ0n) is 21.6. The lowest BCUT2D eigenvalue weighted by Gasteiger charge is -2.25. The Labute approximate surface area is 227 Å². The lowest BCUT2D eigenvalue weighted by Crippen LogP contribution is -2.48. The molecule has 1 aliphatic heterocycles. The van der Waals surface area contributed by atoms with Crippen LogP contribution in [0, 0.1) is 17.1 Å². The molecule has 5 N–H and O–H groups in total. The van der Waals surface area contributed by atoms with Gasteiger partial charge in [-0.2, -0.15) is 0 Å². The molecule has 3 aromatic carbocycles. The maximum absolute atomic E-state index is 13.3. The van der Waals surface area contributed by atoms with E-state index in [4.69, 9.17) is 16.0 Å². The zero-order valence-corrected chi connectivity index (χ0v) is 21.6. The molecule has 2 unspecified atom stereocenters. The van der Waals surface area contributed by atoms with E-state index in [0.717, 1.165) is 30.9 Å². The van der Waals surface area contributed by atoms with E-state index < -0.39 is 6.04 Å². The number of nitrogens with zero attached hydrogens (tertiary/aromatic N) is 2. The molecule has 0 bridgehead atoms. The van der Waals surface area contributed by atoms with Gasteiger partial charge in [-0.15, -0.1) is 0 Å². The monoisotopic (exact) mass is 532 g/mol. The number of amides is 2. The predicted octanol–water partition coefficient (Wildman–Crippen LogP) is 3.74. The third kappa shape index (κ3) is 8.10. The molecule has 2 amide bonds. The van der Waals surface area contributed by atoms with Gasteiger partial charge in [-0.3, -0.25) is 20.0 Å². The molecule has 204 valence electrons. The van der Waals surface area contributed by atoms with Gasteiger partial charge < -0.3 is 20.3 Å². The third-order valence-corrected chi connectivity index (χ3v) is 6.57. The molecule has 0 aromatic heterocycles. The number of rotatable bonds is 12. The zero-order chi connectivity index (χ0) is 27.6. The van der Waals surface area contributed by atoms with Crippen LogP contribution in [0.3, 0.4) is 0 Å². The van der Waals surface area contributed by atoms with E-state index in [1.165, 1.54) is 29.8 Å². The summed E-state index contributed by atoms with van der Waals surface area (Å²) >= 11 is 0. The first kappa shape index (κ1) is 27.7. The van der Waals surface area contributed by atoms with E-state index in [9.17, 15) is 14.0 Å². The number of carbonyl (C=O) groups is 2. The Morgan fingerprint density at radius 1 is 1.05 bits per heavy atom. The van der Waals surface area contributed by atoms with Crippen LogP contribution in [-0.2, 0) is 16.1 Å². The molecule has 3 aromatic rings. The second-order valence-electron chi connectivity index (χ2n) is 9.49. The molecule has 10 heteroatoms. The van der Waals surface area contributed by atoms with Crippen LogP contribution in [-0.4, -0.2) is 53.7 Å². The van der Waals surface area contributed by atoms with E-state index in [1.54, 1.807) is 29.2 Å². The number of hydrogen-bond acceptors (Lipinski definition) is 6. The van der Waals surface area contributed by atoms with Crippen molar-refractivity contribution in [3.63, 3.8) is 0 Å². The van der Waals surface area contributed by atoms with Gasteiger partial charge in [0.1, 0.15) is 29.9 Å². The number of halogens is 1. The van der Waals surface area contributed by atoms with Gasteiger partial charge in [0, 0.05) is 18.8 Å². The van der Waals surface area contributed by atoms with Gasteiger partial charge in [0.25, 0.3) is 0 Å². The minimum Gasteiger partial charge on any atom is -0.457 e. The Balaban J connectivity index is 1.35. The van der Waals surface area contributed by atoms with Crippen LogP contribution in [0.5, 0.6) is 11.5 Å². The lowest BCUT2D eigenvalue weighted by atomic mass is 10.0. The highest BCUT2D eigenvalue weighted by Crippen LogP contribution is 2.28. The number of likely N-dealkylation sites (tertiary alicyclic amines) is 1. The fourth-order valence-corrected chi connectivity index (χ4v) is 4.55. The molecule has 1 fully saturated rings. The Hall–Kier alpha value is -4.28. The molecule has 4 rings (SSSR count). The van der Waals surface area contributed by atoms with Crippen LogP contribution in [0.15, 0.2) is 78.9 Å². The first-order valence-corrected chi connectivity index (χ1v) is 12.8. The number of hydrogen-bond donors (Lipinski definition) is 4. The van der Waals surface area contributed by atoms with Crippen molar-refractivity contribution in [1.82, 2.24) is 15.2 Å². The molecule has 9 nitrogen and oxygen atoms in total. The molecule has 0 saturated carbocycles. The van der Waals surface area contributed by atoms with Gasteiger partial charge in [0.15, 0.2) is 0 Å². The van der Waals surface area contributed by atoms with Crippen molar-refractivity contribution in [3.05, 3.63) is 90.2 Å². The largest absolute Gasteiger partial charge is 0.457 e. The standard InChI is InChI=1S/C29H33FN6O3/c30-23-6-10-25(11-7-23)39-26-12-8-24(9-13-26)34-29(38)27-16-22(18-36(27)28(37)19-35(32)20-31)14-15-33-17-21-4-2-1-3-5-21/h1-13,20,22,27,31,33H,14-19,32H2,(H,34,38). The summed E-state index contributed by atoms with van der Waals surface area (Å²) in [6.07, 6.45) is 2.22. The summed E-state index contributed by atoms with van der Waals surface area (Å²) in [6.45, 7) is 1.78. The molecule has 0 radical (unpaired) electrons. The van der Waals surface area contributed by atoms with Crippen LogP contribution >= 0.6 is 0 Å². The molecule has 0 spiro atoms. The number of carbonyl (C=O) groups excluding carboxylic acids is 2. The van der Waals surface area contributed by atoms with Gasteiger partial charge in [0.05, 0.1) is 6.34 Å². The second-order valence-corrected chi connectivity index (χ2v) is 9.49. The summed E-state index contributed by atoms with van der Waals surface area (Å²) in [7, 11) is 0. The topological polar surface area (TPSA) is 124 Å². The predicted molar refractivity (Wildman–Crippen MR) is 148 cm³/mol. The van der Waals surface area contributed by atoms with Crippen molar-refractivity contribution < 1.29 is 18.7 Å². The minimum atomic E-state index is -0.647. The summed E-state index contributed by atoms with van der Waals surface area (Å²) in [5.41, 5.74) is 1.76. The quantitative estimate of drug-likeness (QED) is 0.0927. The van der Waals surface area contributed by atoms with Gasteiger partial charge in [0.2, 0.25) is 11.8 Å². The lowest BCUT2D eigenvalue weighted by molar-refractivity contribution is -0.137. The third-order valence-electron chi connectivity index (χ3n) is 6.57. The molecular weight excluding hydrogens is 499 g/mol. The maximum Gasteiger partial charge on any atom is 0.247 e. The smallest absolute Gasteiger partial charge is 0.247 e. The number of hydrazine groups is 1. The second kappa shape index (κ2) is 13.5. The van der Waals surface area contributed by atoms with E-state index in [-0.39, 0.29) is 30.1 Å². The van der Waals surface area contributed by atoms with Crippen LogP contribution in [0.1, 0.15) is 18.4 Å². The van der Waals surface area contributed by atoms with Crippen molar-refractivity contribution in [2.45, 2.75) is 25.4 Å². The Bertz CT molecular complexity index is 1240. The number of nitrogens with one attached hydrogen (secondary N) is 3. The molecule has 1 heterocycles. The van der Waals surface area contributed by atoms with E-state index in [1.807, 2.05) is 18.2 Å². The normalized spacial score (nSPS) is 16.5. The van der Waals surface area contributed by atoms with Crippen LogP contribution in [0.2, 0.25) is 0 Å². The van der Waals surface area contributed by atoms with E-state index in [0.29, 0.717) is 30.2 Å². The van der Waals surface area contributed by atoms with E-state index in [2.05, 4.69) is 22.8 Å². The molecule has 0 aliphatic carbocycles. The molecular formula is C29H33FN6O3. The van der Waals surface area contributed by atoms with Crippen molar-refractivity contribution in [2.75, 3.05) is 25.0 Å². The Morgan fingerprint density at radius 3 is 2.38 bits per heavy atom. The number of ether oxygens (including phenoxy) is 1. The average Bonchev–Trinajstić information content (AvgIpc) is 3.38. The van der Waals surface area contributed by atoms with Gasteiger partial charge >= 0.3 is 0 Å². The van der Waals surface area contributed by atoms with Crippen LogP contribution in [0.4, 0.5) is 10.1 Å². The number of nitrogens with two attached hydrogens (primary N) is 1. The molecule has 1 saturated heterocycles. The average molecular weight is 533 g/mol. The first-order valence-electron chi connectivity index (χ1n) is 12.8. The summed E-state index contributed by atoms with van der Waals surface area (Å²) in [5.74, 6) is 5.90. The number of anilines is 1. The van der Waals surface area contributed by atoms with Crippen molar-refractivity contribution in [1.29, 1.82) is 5.41 Å². The summed E-state index contributed by atoms with van der Waals surface area (Å²) in [4.78, 5) is 27.8. The Morgan fingerprint density at radius 2 is 1.72 bits per heavy atom. The minimum absolute atomic E-state index is 0.144. The van der Waals surface area contributed by atoms with Crippen molar-refractivity contribution in [2.24, 2.45) is 11.8 Å². The first-order chi connectivity index (χ1) is 18.9. The molecule has 2 atom stereocenters. The van der Waals surface area contributed by atoms with E-state index >= 15 is 0 Å². The summed E-state index contributed by atoms with van der Waals surface area (Å²) < 4.78 is 18.8. The highest BCUT2D eigenvalue weighted by molar-refractivity contribution is 5.98.